The van der Waals surface area contributed by atoms with Gasteiger partial charge in [-0.15, -0.1) is 0 Å². The monoisotopic (exact) mass is 341 g/mol. The van der Waals surface area contributed by atoms with E-state index in [1.807, 2.05) is 19.1 Å². The van der Waals surface area contributed by atoms with Crippen molar-refractivity contribution in [1.29, 1.82) is 0 Å². The Morgan fingerprint density at radius 3 is 2.95 bits per heavy atom. The van der Waals surface area contributed by atoms with E-state index >= 15 is 0 Å². The van der Waals surface area contributed by atoms with Crippen LogP contribution in [0.4, 0.5) is 0 Å². The van der Waals surface area contributed by atoms with Gasteiger partial charge in [0.2, 0.25) is 0 Å². The van der Waals surface area contributed by atoms with Crippen LogP contribution in [-0.4, -0.2) is 47.7 Å². The van der Waals surface area contributed by atoms with Crippen LogP contribution in [0.2, 0.25) is 0 Å². The molecule has 0 radical (unpaired) electrons. The minimum absolute atomic E-state index is 0.102. The normalized spacial score (nSPS) is 18.9. The average Bonchev–Trinajstić information content (AvgIpc) is 2.41. The molecule has 0 saturated carbocycles. The van der Waals surface area contributed by atoms with Gasteiger partial charge in [0.1, 0.15) is 0 Å². The minimum atomic E-state index is -0.929. The number of hydrogen-bond donors (Lipinski definition) is 1. The molecule has 1 saturated heterocycles. The van der Waals surface area contributed by atoms with E-state index in [0.717, 1.165) is 5.56 Å². The second-order valence-corrected chi connectivity index (χ2v) is 5.66. The lowest BCUT2D eigenvalue weighted by Crippen LogP contribution is -2.49. The molecule has 1 aromatic rings. The number of amides is 1. The van der Waals surface area contributed by atoms with Crippen molar-refractivity contribution in [3.63, 3.8) is 0 Å². The van der Waals surface area contributed by atoms with Gasteiger partial charge in [0.25, 0.3) is 5.91 Å². The summed E-state index contributed by atoms with van der Waals surface area (Å²) in [4.78, 5) is 25.1. The van der Waals surface area contributed by atoms with Gasteiger partial charge in [0.15, 0.2) is 0 Å². The smallest absolute Gasteiger partial charge is 0.305 e. The number of carboxylic acids is 1. The first kappa shape index (κ1) is 15.0. The van der Waals surface area contributed by atoms with Gasteiger partial charge < -0.3 is 14.7 Å². The van der Waals surface area contributed by atoms with Gasteiger partial charge in [-0.05, 0) is 35.0 Å². The Labute approximate surface area is 125 Å². The molecule has 1 unspecified atom stereocenters. The van der Waals surface area contributed by atoms with Gasteiger partial charge >= 0.3 is 5.97 Å². The molecular weight excluding hydrogens is 326 g/mol. The summed E-state index contributed by atoms with van der Waals surface area (Å²) in [6.07, 6.45) is -0.102. The molecule has 1 N–H and O–H groups in total. The number of ether oxygens (including phenoxy) is 1. The molecule has 1 atom stereocenters. The molecule has 0 spiro atoms. The van der Waals surface area contributed by atoms with Crippen LogP contribution in [-0.2, 0) is 9.53 Å². The Hall–Kier alpha value is -1.40. The standard InChI is InChI=1S/C14H16BrNO4/c1-9-2-3-12(15)11(6-9)14(19)16-4-5-20-8-10(16)7-13(17)18/h2-3,6,10H,4-5,7-8H2,1H3,(H,17,18). The third-order valence-corrected chi connectivity index (χ3v) is 3.94. The van der Waals surface area contributed by atoms with Gasteiger partial charge in [-0.25, -0.2) is 0 Å². The summed E-state index contributed by atoms with van der Waals surface area (Å²) >= 11 is 3.37. The van der Waals surface area contributed by atoms with Gasteiger partial charge in [0.05, 0.1) is 31.2 Å². The number of morpholine rings is 1. The zero-order valence-corrected chi connectivity index (χ0v) is 12.7. The fraction of sp³-hybridized carbons (Fsp3) is 0.429. The maximum atomic E-state index is 12.6. The number of carboxylic acid groups (broad SMARTS) is 1. The van der Waals surface area contributed by atoms with Crippen molar-refractivity contribution in [3.05, 3.63) is 33.8 Å². The number of halogens is 1. The van der Waals surface area contributed by atoms with E-state index in [4.69, 9.17) is 9.84 Å². The summed E-state index contributed by atoms with van der Waals surface area (Å²) in [5, 5.41) is 8.93. The molecule has 5 nitrogen and oxygen atoms in total. The van der Waals surface area contributed by atoms with Crippen LogP contribution in [0.1, 0.15) is 22.3 Å². The lowest BCUT2D eigenvalue weighted by molar-refractivity contribution is -0.139. The Balaban J connectivity index is 2.25. The minimum Gasteiger partial charge on any atom is -0.481 e. The number of benzene rings is 1. The second-order valence-electron chi connectivity index (χ2n) is 4.81. The fourth-order valence-electron chi connectivity index (χ4n) is 2.25. The van der Waals surface area contributed by atoms with Crippen molar-refractivity contribution >= 4 is 27.8 Å². The number of carbonyl (C=O) groups excluding carboxylic acids is 1. The van der Waals surface area contributed by atoms with Crippen molar-refractivity contribution in [2.45, 2.75) is 19.4 Å². The molecule has 1 heterocycles. The predicted molar refractivity (Wildman–Crippen MR) is 76.8 cm³/mol. The molecule has 0 aliphatic carbocycles. The average molecular weight is 342 g/mol. The summed E-state index contributed by atoms with van der Waals surface area (Å²) < 4.78 is 6.00. The highest BCUT2D eigenvalue weighted by Crippen LogP contribution is 2.22. The molecule has 6 heteroatoms. The molecule has 0 aromatic heterocycles. The van der Waals surface area contributed by atoms with Crippen molar-refractivity contribution in [2.75, 3.05) is 19.8 Å². The largest absolute Gasteiger partial charge is 0.481 e. The Morgan fingerprint density at radius 1 is 1.50 bits per heavy atom. The SMILES string of the molecule is Cc1ccc(Br)c(C(=O)N2CCOCC2CC(=O)O)c1. The van der Waals surface area contributed by atoms with Gasteiger partial charge in [-0.2, -0.15) is 0 Å². The lowest BCUT2D eigenvalue weighted by atomic mass is 10.1. The van der Waals surface area contributed by atoms with Crippen LogP contribution in [0.5, 0.6) is 0 Å². The van der Waals surface area contributed by atoms with Gasteiger partial charge in [-0.3, -0.25) is 9.59 Å². The molecule has 2 rings (SSSR count). The Bertz CT molecular complexity index is 532. The second kappa shape index (κ2) is 6.37. The van der Waals surface area contributed by atoms with Crippen LogP contribution >= 0.6 is 15.9 Å². The molecular formula is C14H16BrNO4. The number of carbonyl (C=O) groups is 2. The molecule has 1 fully saturated rings. The first-order chi connectivity index (χ1) is 9.49. The molecule has 1 aliphatic heterocycles. The van der Waals surface area contributed by atoms with Crippen molar-refractivity contribution in [3.8, 4) is 0 Å². The number of aryl methyl sites for hydroxylation is 1. The van der Waals surface area contributed by atoms with Crippen LogP contribution in [0.25, 0.3) is 0 Å². The van der Waals surface area contributed by atoms with E-state index in [9.17, 15) is 9.59 Å². The fourth-order valence-corrected chi connectivity index (χ4v) is 2.67. The van der Waals surface area contributed by atoms with Gasteiger partial charge in [-0.1, -0.05) is 11.6 Å². The van der Waals surface area contributed by atoms with E-state index in [0.29, 0.717) is 23.2 Å². The zero-order valence-electron chi connectivity index (χ0n) is 11.1. The highest BCUT2D eigenvalue weighted by Gasteiger charge is 2.30. The number of rotatable bonds is 3. The molecule has 1 aromatic carbocycles. The van der Waals surface area contributed by atoms with E-state index in [-0.39, 0.29) is 18.9 Å². The molecule has 108 valence electrons. The van der Waals surface area contributed by atoms with Crippen LogP contribution in [0.15, 0.2) is 22.7 Å². The third-order valence-electron chi connectivity index (χ3n) is 3.25. The van der Waals surface area contributed by atoms with Crippen molar-refractivity contribution in [2.24, 2.45) is 0 Å². The topological polar surface area (TPSA) is 66.8 Å². The maximum Gasteiger partial charge on any atom is 0.305 e. The van der Waals surface area contributed by atoms with Crippen molar-refractivity contribution in [1.82, 2.24) is 4.90 Å². The first-order valence-electron chi connectivity index (χ1n) is 6.35. The quantitative estimate of drug-likeness (QED) is 0.913. The summed E-state index contributed by atoms with van der Waals surface area (Å²) in [6.45, 7) is 3.03. The number of nitrogens with zero attached hydrogens (tertiary/aromatic N) is 1. The van der Waals surface area contributed by atoms with E-state index in [1.54, 1.807) is 11.0 Å². The van der Waals surface area contributed by atoms with Gasteiger partial charge in [0, 0.05) is 11.0 Å². The van der Waals surface area contributed by atoms with Crippen molar-refractivity contribution < 1.29 is 19.4 Å². The third kappa shape index (κ3) is 3.37. The zero-order chi connectivity index (χ0) is 14.7. The lowest BCUT2D eigenvalue weighted by Gasteiger charge is -2.35. The molecule has 20 heavy (non-hydrogen) atoms. The van der Waals surface area contributed by atoms with E-state index in [1.165, 1.54) is 0 Å². The molecule has 1 aliphatic rings. The Kier molecular flexibility index (Phi) is 4.77. The number of aliphatic carboxylic acids is 1. The molecule has 0 bridgehead atoms. The van der Waals surface area contributed by atoms with E-state index in [2.05, 4.69) is 15.9 Å². The summed E-state index contributed by atoms with van der Waals surface area (Å²) in [5.41, 5.74) is 1.54. The highest BCUT2D eigenvalue weighted by molar-refractivity contribution is 9.10. The maximum absolute atomic E-state index is 12.6. The summed E-state index contributed by atoms with van der Waals surface area (Å²) in [5.74, 6) is -1.09. The highest BCUT2D eigenvalue weighted by atomic mass is 79.9. The summed E-state index contributed by atoms with van der Waals surface area (Å²) in [7, 11) is 0. The van der Waals surface area contributed by atoms with Crippen LogP contribution in [0.3, 0.4) is 0 Å². The predicted octanol–water partition coefficient (Wildman–Crippen LogP) is 2.07. The summed E-state index contributed by atoms with van der Waals surface area (Å²) in [6, 6.07) is 5.13. The van der Waals surface area contributed by atoms with E-state index < -0.39 is 12.0 Å². The van der Waals surface area contributed by atoms with Crippen LogP contribution in [0, 0.1) is 6.92 Å². The Morgan fingerprint density at radius 2 is 2.25 bits per heavy atom. The van der Waals surface area contributed by atoms with Crippen LogP contribution < -0.4 is 0 Å². The molecule has 1 amide bonds. The first-order valence-corrected chi connectivity index (χ1v) is 7.15. The number of hydrogen-bond acceptors (Lipinski definition) is 3.